The standard InChI is InChI=1S/C24H22ClN5O3S/c1-14-18(10-17-5-3-4-6-19(17)25)15(2)30-23(27-14)28-24(29-30)34-12-22(31)26-11-16-7-8-20-21(9-16)33-13-32-20/h3-9H,10-13H2,1-2H3,(H,26,31). The molecule has 8 nitrogen and oxygen atoms in total. The van der Waals surface area contributed by atoms with Gasteiger partial charge in [0.15, 0.2) is 11.5 Å². The molecule has 1 N–H and O–H groups in total. The summed E-state index contributed by atoms with van der Waals surface area (Å²) in [5, 5.41) is 8.71. The second-order valence-electron chi connectivity index (χ2n) is 7.89. The van der Waals surface area contributed by atoms with Gasteiger partial charge in [0.25, 0.3) is 5.78 Å². The maximum Gasteiger partial charge on any atom is 0.253 e. The van der Waals surface area contributed by atoms with Gasteiger partial charge in [-0.2, -0.15) is 4.98 Å². The number of benzene rings is 2. The third-order valence-corrected chi connectivity index (χ3v) is 6.82. The molecular weight excluding hydrogens is 474 g/mol. The summed E-state index contributed by atoms with van der Waals surface area (Å²) in [6.07, 6.45) is 0.658. The minimum Gasteiger partial charge on any atom is -0.454 e. The smallest absolute Gasteiger partial charge is 0.253 e. The molecule has 0 atom stereocenters. The summed E-state index contributed by atoms with van der Waals surface area (Å²) in [6.45, 7) is 4.59. The summed E-state index contributed by atoms with van der Waals surface area (Å²) < 4.78 is 12.4. The number of hydrogen-bond acceptors (Lipinski definition) is 7. The number of halogens is 1. The lowest BCUT2D eigenvalue weighted by Gasteiger charge is -2.11. The van der Waals surface area contributed by atoms with E-state index in [1.807, 2.05) is 56.3 Å². The van der Waals surface area contributed by atoms with Crippen LogP contribution >= 0.6 is 23.4 Å². The average Bonchev–Trinajstić information content (AvgIpc) is 3.46. The highest BCUT2D eigenvalue weighted by atomic mass is 35.5. The maximum atomic E-state index is 12.4. The largest absolute Gasteiger partial charge is 0.454 e. The molecule has 1 amide bonds. The van der Waals surface area contributed by atoms with Gasteiger partial charge in [0.1, 0.15) is 0 Å². The van der Waals surface area contributed by atoms with Gasteiger partial charge in [-0.05, 0) is 48.7 Å². The minimum absolute atomic E-state index is 0.109. The first-order valence-electron chi connectivity index (χ1n) is 10.7. The summed E-state index contributed by atoms with van der Waals surface area (Å²) in [4.78, 5) is 21.5. The maximum absolute atomic E-state index is 12.4. The van der Waals surface area contributed by atoms with Crippen LogP contribution in [0.5, 0.6) is 11.5 Å². The number of carbonyl (C=O) groups excluding carboxylic acids is 1. The zero-order chi connectivity index (χ0) is 23.7. The van der Waals surface area contributed by atoms with Crippen molar-refractivity contribution in [3.8, 4) is 11.5 Å². The molecule has 0 bridgehead atoms. The number of aromatic nitrogens is 4. The third-order valence-electron chi connectivity index (χ3n) is 5.61. The van der Waals surface area contributed by atoms with E-state index in [4.69, 9.17) is 21.1 Å². The summed E-state index contributed by atoms with van der Waals surface area (Å²) >= 11 is 7.63. The topological polar surface area (TPSA) is 90.6 Å². The number of carbonyl (C=O) groups is 1. The van der Waals surface area contributed by atoms with Gasteiger partial charge in [-0.15, -0.1) is 5.10 Å². The van der Waals surface area contributed by atoms with Crippen molar-refractivity contribution in [2.24, 2.45) is 0 Å². The average molecular weight is 496 g/mol. The SMILES string of the molecule is Cc1nc2nc(SCC(=O)NCc3ccc4c(c3)OCO4)nn2c(C)c1Cc1ccccc1Cl. The fourth-order valence-electron chi connectivity index (χ4n) is 3.77. The van der Waals surface area contributed by atoms with Gasteiger partial charge in [-0.1, -0.05) is 47.6 Å². The van der Waals surface area contributed by atoms with E-state index in [1.54, 1.807) is 4.52 Å². The summed E-state index contributed by atoms with van der Waals surface area (Å²) in [7, 11) is 0. The van der Waals surface area contributed by atoms with E-state index in [-0.39, 0.29) is 18.5 Å². The highest BCUT2D eigenvalue weighted by Gasteiger charge is 2.17. The van der Waals surface area contributed by atoms with Crippen LogP contribution in [-0.4, -0.2) is 38.0 Å². The van der Waals surface area contributed by atoms with Crippen LogP contribution in [0.3, 0.4) is 0 Å². The Labute approximate surface area is 205 Å². The Balaban J connectivity index is 1.24. The zero-order valence-corrected chi connectivity index (χ0v) is 20.2. The molecule has 3 heterocycles. The molecule has 4 aromatic rings. The highest BCUT2D eigenvalue weighted by molar-refractivity contribution is 7.99. The first kappa shape index (κ1) is 22.5. The molecule has 1 aliphatic heterocycles. The van der Waals surface area contributed by atoms with Crippen LogP contribution < -0.4 is 14.8 Å². The molecule has 0 spiro atoms. The molecule has 174 valence electrons. The molecule has 0 radical (unpaired) electrons. The van der Waals surface area contributed by atoms with E-state index < -0.39 is 0 Å². The Bertz CT molecular complexity index is 1390. The van der Waals surface area contributed by atoms with Crippen molar-refractivity contribution in [3.05, 3.63) is 75.6 Å². The quantitative estimate of drug-likeness (QED) is 0.385. The Morgan fingerprint density at radius 1 is 1.15 bits per heavy atom. The van der Waals surface area contributed by atoms with Gasteiger partial charge in [0.05, 0.1) is 5.75 Å². The Kier molecular flexibility index (Phi) is 6.30. The number of aryl methyl sites for hydroxylation is 2. The van der Waals surface area contributed by atoms with Gasteiger partial charge >= 0.3 is 0 Å². The van der Waals surface area contributed by atoms with Crippen molar-refractivity contribution in [2.45, 2.75) is 32.0 Å². The molecule has 2 aromatic heterocycles. The second kappa shape index (κ2) is 9.52. The molecule has 0 saturated heterocycles. The van der Waals surface area contributed by atoms with E-state index >= 15 is 0 Å². The van der Waals surface area contributed by atoms with Gasteiger partial charge in [-0.25, -0.2) is 9.50 Å². The molecule has 34 heavy (non-hydrogen) atoms. The van der Waals surface area contributed by atoms with Gasteiger partial charge in [0, 0.05) is 29.4 Å². The van der Waals surface area contributed by atoms with Crippen molar-refractivity contribution in [2.75, 3.05) is 12.5 Å². The number of amides is 1. The fourth-order valence-corrected chi connectivity index (χ4v) is 4.62. The van der Waals surface area contributed by atoms with Crippen molar-refractivity contribution in [1.82, 2.24) is 24.9 Å². The van der Waals surface area contributed by atoms with Gasteiger partial charge in [-0.3, -0.25) is 4.79 Å². The third kappa shape index (κ3) is 4.67. The molecule has 5 rings (SSSR count). The highest BCUT2D eigenvalue weighted by Crippen LogP contribution is 2.32. The normalized spacial score (nSPS) is 12.3. The van der Waals surface area contributed by atoms with Crippen LogP contribution in [0.1, 0.15) is 28.1 Å². The lowest BCUT2D eigenvalue weighted by molar-refractivity contribution is -0.118. The van der Waals surface area contributed by atoms with E-state index in [1.165, 1.54) is 11.8 Å². The second-order valence-corrected chi connectivity index (χ2v) is 9.24. The van der Waals surface area contributed by atoms with Gasteiger partial charge < -0.3 is 14.8 Å². The molecular formula is C24H22ClN5O3S. The predicted octanol–water partition coefficient (Wildman–Crippen LogP) is 4.12. The first-order chi connectivity index (χ1) is 16.5. The van der Waals surface area contributed by atoms with E-state index in [9.17, 15) is 4.79 Å². The number of rotatable bonds is 7. The van der Waals surface area contributed by atoms with Crippen LogP contribution in [-0.2, 0) is 17.8 Å². The first-order valence-corrected chi connectivity index (χ1v) is 12.1. The molecule has 0 fully saturated rings. The van der Waals surface area contributed by atoms with Crippen molar-refractivity contribution < 1.29 is 14.3 Å². The Morgan fingerprint density at radius 3 is 2.82 bits per heavy atom. The molecule has 0 unspecified atom stereocenters. The monoisotopic (exact) mass is 495 g/mol. The van der Waals surface area contributed by atoms with E-state index in [2.05, 4.69) is 20.4 Å². The summed E-state index contributed by atoms with van der Waals surface area (Å²) in [5.41, 5.74) is 4.87. The number of hydrogen-bond donors (Lipinski definition) is 1. The van der Waals surface area contributed by atoms with E-state index in [0.717, 1.165) is 38.9 Å². The lowest BCUT2D eigenvalue weighted by atomic mass is 10.0. The molecule has 2 aromatic carbocycles. The fraction of sp³-hybridized carbons (Fsp3) is 0.250. The lowest BCUT2D eigenvalue weighted by Crippen LogP contribution is -2.24. The zero-order valence-electron chi connectivity index (χ0n) is 18.7. The van der Waals surface area contributed by atoms with Crippen LogP contribution in [0.25, 0.3) is 5.78 Å². The molecule has 0 saturated carbocycles. The van der Waals surface area contributed by atoms with Crippen LogP contribution in [0.15, 0.2) is 47.6 Å². The predicted molar refractivity (Wildman–Crippen MR) is 130 cm³/mol. The van der Waals surface area contributed by atoms with Crippen LogP contribution in [0.4, 0.5) is 0 Å². The number of nitrogens with one attached hydrogen (secondary N) is 1. The van der Waals surface area contributed by atoms with Gasteiger partial charge in [0.2, 0.25) is 17.9 Å². The number of nitrogens with zero attached hydrogens (tertiary/aromatic N) is 4. The van der Waals surface area contributed by atoms with Crippen LogP contribution in [0.2, 0.25) is 5.02 Å². The van der Waals surface area contributed by atoms with Crippen molar-refractivity contribution >= 4 is 35.0 Å². The summed E-state index contributed by atoms with van der Waals surface area (Å²) in [5.74, 6) is 2.02. The number of thioether (sulfide) groups is 1. The number of ether oxygens (including phenoxy) is 2. The summed E-state index contributed by atoms with van der Waals surface area (Å²) in [6, 6.07) is 13.4. The van der Waals surface area contributed by atoms with Crippen molar-refractivity contribution in [3.63, 3.8) is 0 Å². The van der Waals surface area contributed by atoms with E-state index in [0.29, 0.717) is 29.6 Å². The molecule has 0 aliphatic carbocycles. The molecule has 1 aliphatic rings. The molecule has 10 heteroatoms. The number of fused-ring (bicyclic) bond motifs is 2. The Morgan fingerprint density at radius 2 is 1.97 bits per heavy atom. The minimum atomic E-state index is -0.109. The Hall–Kier alpha value is -3.30. The van der Waals surface area contributed by atoms with Crippen LogP contribution in [0, 0.1) is 13.8 Å². The van der Waals surface area contributed by atoms with Crippen molar-refractivity contribution in [1.29, 1.82) is 0 Å².